The van der Waals surface area contributed by atoms with Crippen LogP contribution in [0.3, 0.4) is 0 Å². The van der Waals surface area contributed by atoms with Crippen molar-refractivity contribution in [2.24, 2.45) is 4.99 Å². The molecule has 0 amide bonds. The van der Waals surface area contributed by atoms with Crippen LogP contribution >= 0.6 is 11.8 Å². The average Bonchev–Trinajstić information content (AvgIpc) is 2.49. The lowest BCUT2D eigenvalue weighted by atomic mass is 10.1. The van der Waals surface area contributed by atoms with E-state index in [2.05, 4.69) is 60.0 Å². The summed E-state index contributed by atoms with van der Waals surface area (Å²) in [6, 6.07) is 8.53. The number of rotatable bonds is 8. The topological polar surface area (TPSA) is 36.4 Å². The predicted molar refractivity (Wildman–Crippen MR) is 91.6 cm³/mol. The Hall–Kier alpha value is -1.16. The third-order valence-corrected chi connectivity index (χ3v) is 3.77. The number of guanidine groups is 1. The molecule has 0 aliphatic heterocycles. The summed E-state index contributed by atoms with van der Waals surface area (Å²) in [5.41, 5.74) is 2.70. The number of benzene rings is 1. The van der Waals surface area contributed by atoms with Gasteiger partial charge >= 0.3 is 0 Å². The van der Waals surface area contributed by atoms with Crippen LogP contribution < -0.4 is 10.6 Å². The van der Waals surface area contributed by atoms with Crippen LogP contribution in [0.15, 0.2) is 29.3 Å². The number of aliphatic imine (C=N–C) groups is 1. The van der Waals surface area contributed by atoms with Crippen molar-refractivity contribution in [1.82, 2.24) is 10.6 Å². The molecule has 20 heavy (non-hydrogen) atoms. The van der Waals surface area contributed by atoms with E-state index in [1.54, 1.807) is 0 Å². The summed E-state index contributed by atoms with van der Waals surface area (Å²) in [4.78, 5) is 4.68. The molecule has 1 rings (SSSR count). The Morgan fingerprint density at radius 1 is 1.15 bits per heavy atom. The lowest BCUT2D eigenvalue weighted by Crippen LogP contribution is -2.37. The zero-order valence-corrected chi connectivity index (χ0v) is 13.7. The SMILES string of the molecule is CCNC(=NCc1ccccc1CC)NCCCSC. The predicted octanol–water partition coefficient (Wildman–Crippen LogP) is 3.06. The van der Waals surface area contributed by atoms with Crippen molar-refractivity contribution in [1.29, 1.82) is 0 Å². The van der Waals surface area contributed by atoms with Crippen molar-refractivity contribution < 1.29 is 0 Å². The van der Waals surface area contributed by atoms with Gasteiger partial charge in [0, 0.05) is 13.1 Å². The quantitative estimate of drug-likeness (QED) is 0.439. The molecule has 4 heteroatoms. The highest BCUT2D eigenvalue weighted by Crippen LogP contribution is 2.10. The minimum absolute atomic E-state index is 0.738. The summed E-state index contributed by atoms with van der Waals surface area (Å²) in [6.07, 6.45) is 4.36. The number of nitrogens with one attached hydrogen (secondary N) is 2. The maximum absolute atomic E-state index is 4.68. The molecule has 3 nitrogen and oxygen atoms in total. The molecule has 0 spiro atoms. The van der Waals surface area contributed by atoms with Crippen LogP contribution in [-0.4, -0.2) is 31.1 Å². The molecule has 0 saturated carbocycles. The van der Waals surface area contributed by atoms with Crippen LogP contribution in [0.5, 0.6) is 0 Å². The Balaban J connectivity index is 2.57. The minimum Gasteiger partial charge on any atom is -0.357 e. The molecule has 112 valence electrons. The van der Waals surface area contributed by atoms with E-state index >= 15 is 0 Å². The van der Waals surface area contributed by atoms with Crippen molar-refractivity contribution in [3.63, 3.8) is 0 Å². The molecular weight excluding hydrogens is 266 g/mol. The van der Waals surface area contributed by atoms with Crippen LogP contribution in [0.1, 0.15) is 31.4 Å². The molecular formula is C16H27N3S. The zero-order valence-electron chi connectivity index (χ0n) is 12.9. The largest absolute Gasteiger partial charge is 0.357 e. The Labute approximate surface area is 127 Å². The van der Waals surface area contributed by atoms with Gasteiger partial charge < -0.3 is 10.6 Å². The molecule has 0 bridgehead atoms. The van der Waals surface area contributed by atoms with Gasteiger partial charge in [-0.25, -0.2) is 4.99 Å². The molecule has 0 aliphatic carbocycles. The fourth-order valence-electron chi connectivity index (χ4n) is 1.99. The maximum Gasteiger partial charge on any atom is 0.191 e. The van der Waals surface area contributed by atoms with Crippen LogP contribution in [0.25, 0.3) is 0 Å². The van der Waals surface area contributed by atoms with E-state index in [-0.39, 0.29) is 0 Å². The first kappa shape index (κ1) is 16.9. The standard InChI is InChI=1S/C16H27N3S/c1-4-14-9-6-7-10-15(14)13-19-16(17-5-2)18-11-8-12-20-3/h6-7,9-10H,4-5,8,11-13H2,1-3H3,(H2,17,18,19). The van der Waals surface area contributed by atoms with E-state index in [1.165, 1.54) is 16.9 Å². The van der Waals surface area contributed by atoms with E-state index in [0.717, 1.165) is 38.4 Å². The van der Waals surface area contributed by atoms with E-state index in [9.17, 15) is 0 Å². The summed E-state index contributed by atoms with van der Waals surface area (Å²) < 4.78 is 0. The number of hydrogen-bond donors (Lipinski definition) is 2. The maximum atomic E-state index is 4.68. The molecule has 0 aromatic heterocycles. The summed E-state index contributed by atoms with van der Waals surface area (Å²) in [7, 11) is 0. The van der Waals surface area contributed by atoms with Crippen LogP contribution in [0.2, 0.25) is 0 Å². The molecule has 1 aromatic rings. The number of hydrogen-bond acceptors (Lipinski definition) is 2. The second-order valence-electron chi connectivity index (χ2n) is 4.59. The highest BCUT2D eigenvalue weighted by molar-refractivity contribution is 7.98. The second kappa shape index (κ2) is 10.6. The highest BCUT2D eigenvalue weighted by Gasteiger charge is 2.00. The molecule has 0 atom stereocenters. The first-order chi connectivity index (χ1) is 9.81. The second-order valence-corrected chi connectivity index (χ2v) is 5.58. The van der Waals surface area contributed by atoms with Gasteiger partial charge in [0.2, 0.25) is 0 Å². The average molecular weight is 293 g/mol. The molecule has 0 unspecified atom stereocenters. The van der Waals surface area contributed by atoms with Crippen molar-refractivity contribution in [2.45, 2.75) is 33.2 Å². The van der Waals surface area contributed by atoms with Gasteiger partial charge in [-0.3, -0.25) is 0 Å². The molecule has 0 aliphatic rings. The van der Waals surface area contributed by atoms with E-state index < -0.39 is 0 Å². The van der Waals surface area contributed by atoms with Gasteiger partial charge in [0.15, 0.2) is 5.96 Å². The summed E-state index contributed by atoms with van der Waals surface area (Å²) in [5.74, 6) is 2.10. The van der Waals surface area contributed by atoms with Crippen LogP contribution in [0.4, 0.5) is 0 Å². The fourth-order valence-corrected chi connectivity index (χ4v) is 2.42. The lowest BCUT2D eigenvalue weighted by Gasteiger charge is -2.12. The van der Waals surface area contributed by atoms with Gasteiger partial charge in [-0.05, 0) is 42.9 Å². The Morgan fingerprint density at radius 3 is 2.55 bits per heavy atom. The van der Waals surface area contributed by atoms with Crippen molar-refractivity contribution >= 4 is 17.7 Å². The summed E-state index contributed by atoms with van der Waals surface area (Å²) >= 11 is 1.88. The van der Waals surface area contributed by atoms with Gasteiger partial charge in [0.1, 0.15) is 0 Å². The van der Waals surface area contributed by atoms with Gasteiger partial charge in [-0.1, -0.05) is 31.2 Å². The van der Waals surface area contributed by atoms with Crippen molar-refractivity contribution in [2.75, 3.05) is 25.1 Å². The van der Waals surface area contributed by atoms with Crippen LogP contribution in [0, 0.1) is 0 Å². The highest BCUT2D eigenvalue weighted by atomic mass is 32.2. The molecule has 0 saturated heterocycles. The van der Waals surface area contributed by atoms with Gasteiger partial charge in [-0.2, -0.15) is 11.8 Å². The summed E-state index contributed by atoms with van der Waals surface area (Å²) in [6.45, 7) is 6.89. The third-order valence-electron chi connectivity index (χ3n) is 3.07. The first-order valence-corrected chi connectivity index (χ1v) is 8.79. The first-order valence-electron chi connectivity index (χ1n) is 7.39. The van der Waals surface area contributed by atoms with Crippen molar-refractivity contribution in [3.05, 3.63) is 35.4 Å². The smallest absolute Gasteiger partial charge is 0.191 e. The summed E-state index contributed by atoms with van der Waals surface area (Å²) in [5, 5.41) is 6.69. The zero-order chi connectivity index (χ0) is 14.6. The fraction of sp³-hybridized carbons (Fsp3) is 0.562. The molecule has 0 radical (unpaired) electrons. The molecule has 0 fully saturated rings. The molecule has 1 aromatic carbocycles. The van der Waals surface area contributed by atoms with Crippen LogP contribution in [-0.2, 0) is 13.0 Å². The monoisotopic (exact) mass is 293 g/mol. The third kappa shape index (κ3) is 6.33. The molecule has 0 heterocycles. The van der Waals surface area contributed by atoms with E-state index in [1.807, 2.05) is 11.8 Å². The van der Waals surface area contributed by atoms with E-state index in [0.29, 0.717) is 0 Å². The number of aryl methyl sites for hydroxylation is 1. The van der Waals surface area contributed by atoms with E-state index in [4.69, 9.17) is 0 Å². The van der Waals surface area contributed by atoms with Crippen molar-refractivity contribution in [3.8, 4) is 0 Å². The van der Waals surface area contributed by atoms with Gasteiger partial charge in [0.05, 0.1) is 6.54 Å². The Morgan fingerprint density at radius 2 is 1.90 bits per heavy atom. The number of nitrogens with zero attached hydrogens (tertiary/aromatic N) is 1. The molecule has 2 N–H and O–H groups in total. The van der Waals surface area contributed by atoms with Gasteiger partial charge in [0.25, 0.3) is 0 Å². The number of thioether (sulfide) groups is 1. The Kier molecular flexibility index (Phi) is 8.96. The van der Waals surface area contributed by atoms with Gasteiger partial charge in [-0.15, -0.1) is 0 Å². The Bertz CT molecular complexity index is 404. The lowest BCUT2D eigenvalue weighted by molar-refractivity contribution is 0.789. The minimum atomic E-state index is 0.738. The normalized spacial score (nSPS) is 11.4.